The van der Waals surface area contributed by atoms with E-state index in [1.54, 1.807) is 42.5 Å². The van der Waals surface area contributed by atoms with Gasteiger partial charge in [-0.15, -0.1) is 0 Å². The molecule has 174 valence electrons. The summed E-state index contributed by atoms with van der Waals surface area (Å²) < 4.78 is 5.70. The second-order valence-corrected chi connectivity index (χ2v) is 8.08. The van der Waals surface area contributed by atoms with Crippen molar-refractivity contribution in [2.24, 2.45) is 0 Å². The van der Waals surface area contributed by atoms with Crippen molar-refractivity contribution in [1.29, 1.82) is 0 Å². The van der Waals surface area contributed by atoms with Crippen molar-refractivity contribution in [2.45, 2.75) is 26.3 Å². The Hall–Kier alpha value is -4.26. The zero-order valence-corrected chi connectivity index (χ0v) is 18.9. The van der Waals surface area contributed by atoms with Gasteiger partial charge < -0.3 is 20.1 Å². The highest BCUT2D eigenvalue weighted by Gasteiger charge is 2.47. The molecular formula is C27H25NO6. The lowest BCUT2D eigenvalue weighted by Crippen LogP contribution is -2.29. The Morgan fingerprint density at radius 1 is 1.00 bits per heavy atom. The van der Waals surface area contributed by atoms with Gasteiger partial charge in [-0.05, 0) is 66.9 Å². The number of phenolic OH excluding ortho intramolecular Hbond substituents is 2. The number of anilines is 1. The number of aliphatic hydroxyl groups excluding tert-OH is 1. The van der Waals surface area contributed by atoms with Crippen molar-refractivity contribution in [1.82, 2.24) is 0 Å². The SMILES string of the molecule is CCCOc1ccc(/C(O)=C2/C(=O)C(=O)N(c3ccccc3O)C2c2ccc(O)cc2)cc1C. The summed E-state index contributed by atoms with van der Waals surface area (Å²) in [4.78, 5) is 27.5. The van der Waals surface area contributed by atoms with Gasteiger partial charge in [0.2, 0.25) is 0 Å². The molecule has 34 heavy (non-hydrogen) atoms. The summed E-state index contributed by atoms with van der Waals surface area (Å²) >= 11 is 0. The average Bonchev–Trinajstić information content (AvgIpc) is 3.09. The van der Waals surface area contributed by atoms with Crippen LogP contribution in [0.15, 0.2) is 72.3 Å². The van der Waals surface area contributed by atoms with E-state index in [9.17, 15) is 24.9 Å². The minimum absolute atomic E-state index is 0.0153. The molecular weight excluding hydrogens is 434 g/mol. The van der Waals surface area contributed by atoms with Crippen LogP contribution in [-0.2, 0) is 9.59 Å². The second kappa shape index (κ2) is 9.31. The Balaban J connectivity index is 1.89. The summed E-state index contributed by atoms with van der Waals surface area (Å²) in [5.74, 6) is -1.57. The van der Waals surface area contributed by atoms with Crippen LogP contribution in [0.4, 0.5) is 5.69 Å². The standard InChI is InChI=1S/C27H25NO6/c1-3-14-34-22-13-10-18(15-16(22)2)25(31)23-24(17-8-11-19(29)12-9-17)28(27(33)26(23)32)20-6-4-5-7-21(20)30/h4-13,15,24,29-31H,3,14H2,1-2H3/b25-23-. The Bertz CT molecular complexity index is 1280. The number of carbonyl (C=O) groups is 2. The van der Waals surface area contributed by atoms with Crippen LogP contribution in [0.1, 0.15) is 36.1 Å². The number of ether oxygens (including phenoxy) is 1. The Morgan fingerprint density at radius 2 is 1.71 bits per heavy atom. The van der Waals surface area contributed by atoms with Gasteiger partial charge in [-0.1, -0.05) is 31.2 Å². The Labute approximate surface area is 197 Å². The third-order valence-electron chi connectivity index (χ3n) is 5.70. The third-order valence-corrected chi connectivity index (χ3v) is 5.70. The van der Waals surface area contributed by atoms with E-state index in [2.05, 4.69) is 0 Å². The summed E-state index contributed by atoms with van der Waals surface area (Å²) in [5.41, 5.74) is 1.65. The second-order valence-electron chi connectivity index (χ2n) is 8.08. The number of rotatable bonds is 6. The summed E-state index contributed by atoms with van der Waals surface area (Å²) in [6.45, 7) is 4.39. The molecule has 0 aromatic heterocycles. The molecule has 7 heteroatoms. The van der Waals surface area contributed by atoms with Crippen LogP contribution < -0.4 is 9.64 Å². The topological polar surface area (TPSA) is 107 Å². The predicted molar refractivity (Wildman–Crippen MR) is 128 cm³/mol. The molecule has 0 bridgehead atoms. The molecule has 1 unspecified atom stereocenters. The normalized spacial score (nSPS) is 17.2. The van der Waals surface area contributed by atoms with Gasteiger partial charge in [-0.25, -0.2) is 0 Å². The maximum Gasteiger partial charge on any atom is 0.300 e. The zero-order chi connectivity index (χ0) is 24.4. The van der Waals surface area contributed by atoms with E-state index >= 15 is 0 Å². The lowest BCUT2D eigenvalue weighted by molar-refractivity contribution is -0.132. The van der Waals surface area contributed by atoms with Crippen LogP contribution in [0.25, 0.3) is 5.76 Å². The average molecular weight is 459 g/mol. The van der Waals surface area contributed by atoms with Crippen LogP contribution in [-0.4, -0.2) is 33.6 Å². The van der Waals surface area contributed by atoms with Crippen molar-refractivity contribution in [3.05, 3.63) is 89.0 Å². The number of hydrogen-bond acceptors (Lipinski definition) is 6. The van der Waals surface area contributed by atoms with Gasteiger partial charge >= 0.3 is 0 Å². The van der Waals surface area contributed by atoms with Crippen LogP contribution >= 0.6 is 0 Å². The number of hydrogen-bond donors (Lipinski definition) is 3. The van der Waals surface area contributed by atoms with Crippen molar-refractivity contribution in [2.75, 3.05) is 11.5 Å². The molecule has 1 aliphatic rings. The summed E-state index contributed by atoms with van der Waals surface area (Å²) in [7, 11) is 0. The van der Waals surface area contributed by atoms with Crippen LogP contribution in [0.3, 0.4) is 0 Å². The molecule has 7 nitrogen and oxygen atoms in total. The van der Waals surface area contributed by atoms with Crippen molar-refractivity contribution in [3.8, 4) is 17.2 Å². The number of aromatic hydroxyl groups is 2. The van der Waals surface area contributed by atoms with Crippen molar-refractivity contribution in [3.63, 3.8) is 0 Å². The summed E-state index contributed by atoms with van der Waals surface area (Å²) in [5, 5.41) is 31.4. The van der Waals surface area contributed by atoms with Crippen molar-refractivity contribution >= 4 is 23.1 Å². The molecule has 3 aromatic rings. The number of aryl methyl sites for hydroxylation is 1. The number of Topliss-reactive ketones (excluding diaryl/α,β-unsaturated/α-hetero) is 1. The Kier molecular flexibility index (Phi) is 6.27. The molecule has 1 heterocycles. The predicted octanol–water partition coefficient (Wildman–Crippen LogP) is 4.82. The summed E-state index contributed by atoms with van der Waals surface area (Å²) in [6, 6.07) is 16.2. The number of ketones is 1. The minimum Gasteiger partial charge on any atom is -0.508 e. The number of nitrogens with zero attached hydrogens (tertiary/aromatic N) is 1. The van der Waals surface area contributed by atoms with Gasteiger partial charge in [0.05, 0.1) is 23.9 Å². The number of carbonyl (C=O) groups excluding carboxylic acids is 2. The van der Waals surface area contributed by atoms with Gasteiger partial charge in [-0.3, -0.25) is 14.5 Å². The van der Waals surface area contributed by atoms with Crippen LogP contribution in [0.5, 0.6) is 17.2 Å². The van der Waals surface area contributed by atoms with Gasteiger partial charge in [0.1, 0.15) is 23.0 Å². The first-order chi connectivity index (χ1) is 16.3. The molecule has 4 rings (SSSR count). The van der Waals surface area contributed by atoms with Crippen molar-refractivity contribution < 1.29 is 29.6 Å². The number of amides is 1. The molecule has 1 saturated heterocycles. The Morgan fingerprint density at radius 3 is 2.35 bits per heavy atom. The van der Waals surface area contributed by atoms with Gasteiger partial charge in [0.25, 0.3) is 11.7 Å². The molecule has 3 N–H and O–H groups in total. The van der Waals surface area contributed by atoms with Gasteiger partial charge in [-0.2, -0.15) is 0 Å². The first-order valence-corrected chi connectivity index (χ1v) is 10.9. The van der Waals surface area contributed by atoms with E-state index in [4.69, 9.17) is 4.74 Å². The van der Waals surface area contributed by atoms with E-state index in [0.717, 1.165) is 12.0 Å². The first kappa shape index (κ1) is 22.9. The van der Waals surface area contributed by atoms with E-state index in [-0.39, 0.29) is 28.5 Å². The largest absolute Gasteiger partial charge is 0.508 e. The first-order valence-electron chi connectivity index (χ1n) is 10.9. The molecule has 1 atom stereocenters. The van der Waals surface area contributed by atoms with Gasteiger partial charge in [0, 0.05) is 5.56 Å². The monoisotopic (exact) mass is 459 g/mol. The minimum atomic E-state index is -1.01. The zero-order valence-electron chi connectivity index (χ0n) is 18.9. The van der Waals surface area contributed by atoms with E-state index in [1.807, 2.05) is 13.8 Å². The highest BCUT2D eigenvalue weighted by molar-refractivity contribution is 6.51. The molecule has 3 aromatic carbocycles. The molecule has 1 fully saturated rings. The quantitative estimate of drug-likeness (QED) is 0.277. The molecule has 0 radical (unpaired) electrons. The van der Waals surface area contributed by atoms with E-state index in [1.165, 1.54) is 29.2 Å². The number of benzene rings is 3. The molecule has 1 aliphatic heterocycles. The fraction of sp³-hybridized carbons (Fsp3) is 0.185. The lowest BCUT2D eigenvalue weighted by Gasteiger charge is -2.26. The lowest BCUT2D eigenvalue weighted by atomic mass is 9.94. The number of phenols is 2. The number of para-hydroxylation sites is 2. The number of aliphatic hydroxyl groups is 1. The highest BCUT2D eigenvalue weighted by atomic mass is 16.5. The maximum absolute atomic E-state index is 13.2. The molecule has 0 aliphatic carbocycles. The highest BCUT2D eigenvalue weighted by Crippen LogP contribution is 2.45. The summed E-state index contributed by atoms with van der Waals surface area (Å²) in [6.07, 6.45) is 0.851. The fourth-order valence-corrected chi connectivity index (χ4v) is 4.05. The molecule has 1 amide bonds. The maximum atomic E-state index is 13.2. The van der Waals surface area contributed by atoms with E-state index in [0.29, 0.717) is 23.5 Å². The van der Waals surface area contributed by atoms with E-state index < -0.39 is 17.7 Å². The fourth-order valence-electron chi connectivity index (χ4n) is 4.05. The molecule has 0 saturated carbocycles. The smallest absolute Gasteiger partial charge is 0.300 e. The molecule has 0 spiro atoms. The van der Waals surface area contributed by atoms with Crippen LogP contribution in [0, 0.1) is 6.92 Å². The van der Waals surface area contributed by atoms with Gasteiger partial charge in [0.15, 0.2) is 0 Å². The van der Waals surface area contributed by atoms with Crippen LogP contribution in [0.2, 0.25) is 0 Å². The third kappa shape index (κ3) is 4.08.